The van der Waals surface area contributed by atoms with Crippen molar-refractivity contribution in [2.75, 3.05) is 12.3 Å². The largest absolute Gasteiger partial charge is 0.356 e. The Balaban J connectivity index is 1.79. The molecule has 0 bridgehead atoms. The normalized spacial score (nSPS) is 16.0. The van der Waals surface area contributed by atoms with Gasteiger partial charge < -0.3 is 5.32 Å². The number of nitrogens with one attached hydrogen (secondary N) is 1. The van der Waals surface area contributed by atoms with Crippen LogP contribution >= 0.6 is 11.8 Å². The molecule has 1 aliphatic rings. The molecule has 3 aromatic rings. The first-order valence-corrected chi connectivity index (χ1v) is 9.54. The van der Waals surface area contributed by atoms with Gasteiger partial charge in [0.15, 0.2) is 10.8 Å². The highest BCUT2D eigenvalue weighted by Crippen LogP contribution is 2.33. The molecule has 0 aliphatic carbocycles. The Labute approximate surface area is 154 Å². The lowest BCUT2D eigenvalue weighted by molar-refractivity contribution is -0.121. The zero-order valence-electron chi connectivity index (χ0n) is 14.6. The third-order valence-electron chi connectivity index (χ3n) is 4.41. The van der Waals surface area contributed by atoms with Gasteiger partial charge in [-0.15, -0.1) is 0 Å². The van der Waals surface area contributed by atoms with Crippen molar-refractivity contribution in [1.29, 1.82) is 0 Å². The molecule has 1 unspecified atom stereocenters. The minimum atomic E-state index is -0.173. The molecule has 1 aromatic carbocycles. The molecule has 1 N–H and O–H groups in total. The summed E-state index contributed by atoms with van der Waals surface area (Å²) in [5, 5.41) is 8.28. The molecule has 4 rings (SSSR count). The Morgan fingerprint density at radius 3 is 3.04 bits per heavy atom. The third-order valence-corrected chi connectivity index (χ3v) is 5.51. The van der Waals surface area contributed by atoms with Gasteiger partial charge in [-0.05, 0) is 31.5 Å². The van der Waals surface area contributed by atoms with E-state index >= 15 is 0 Å². The Morgan fingerprint density at radius 2 is 2.27 bits per heavy atom. The maximum absolute atomic E-state index is 13.0. The van der Waals surface area contributed by atoms with E-state index in [0.29, 0.717) is 28.5 Å². The van der Waals surface area contributed by atoms with E-state index < -0.39 is 0 Å². The zero-order valence-corrected chi connectivity index (χ0v) is 15.4. The number of thioether (sulfide) groups is 1. The Morgan fingerprint density at radius 1 is 1.42 bits per heavy atom. The van der Waals surface area contributed by atoms with Crippen LogP contribution in [0.4, 0.5) is 0 Å². The highest BCUT2D eigenvalue weighted by molar-refractivity contribution is 7.99. The van der Waals surface area contributed by atoms with Crippen molar-refractivity contribution in [1.82, 2.24) is 24.6 Å². The second kappa shape index (κ2) is 6.60. The first-order chi connectivity index (χ1) is 12.6. The SMILES string of the molecule is CCNC(=O)CC1CSc2nc3c(cnn3-c3cccc(C)c3)c(=O)n21. The van der Waals surface area contributed by atoms with Crippen molar-refractivity contribution in [2.45, 2.75) is 31.5 Å². The molecule has 0 saturated carbocycles. The lowest BCUT2D eigenvalue weighted by Gasteiger charge is -2.13. The van der Waals surface area contributed by atoms with E-state index in [0.717, 1.165) is 11.3 Å². The third kappa shape index (κ3) is 2.80. The van der Waals surface area contributed by atoms with Crippen LogP contribution in [0.15, 0.2) is 40.4 Å². The second-order valence-corrected chi connectivity index (χ2v) is 7.31. The van der Waals surface area contributed by atoms with Crippen molar-refractivity contribution in [3.63, 3.8) is 0 Å². The van der Waals surface area contributed by atoms with Crippen molar-refractivity contribution in [3.05, 3.63) is 46.4 Å². The monoisotopic (exact) mass is 369 g/mol. The van der Waals surface area contributed by atoms with Crippen LogP contribution < -0.4 is 10.9 Å². The number of fused-ring (bicyclic) bond motifs is 2. The summed E-state index contributed by atoms with van der Waals surface area (Å²) < 4.78 is 3.34. The van der Waals surface area contributed by atoms with E-state index in [1.165, 1.54) is 11.8 Å². The highest BCUT2D eigenvalue weighted by Gasteiger charge is 2.29. The number of benzene rings is 1. The Hall–Kier alpha value is -2.61. The van der Waals surface area contributed by atoms with Crippen LogP contribution in [0.1, 0.15) is 24.9 Å². The van der Waals surface area contributed by atoms with Gasteiger partial charge in [-0.2, -0.15) is 5.10 Å². The van der Waals surface area contributed by atoms with Gasteiger partial charge in [0.25, 0.3) is 5.56 Å². The number of carbonyl (C=O) groups excluding carboxylic acids is 1. The number of nitrogens with zero attached hydrogens (tertiary/aromatic N) is 4. The van der Waals surface area contributed by atoms with Crippen LogP contribution in [-0.4, -0.2) is 37.5 Å². The minimum Gasteiger partial charge on any atom is -0.356 e. The van der Waals surface area contributed by atoms with Crippen molar-refractivity contribution in [2.24, 2.45) is 0 Å². The van der Waals surface area contributed by atoms with Gasteiger partial charge in [0, 0.05) is 18.7 Å². The fraction of sp³-hybridized carbons (Fsp3) is 0.333. The summed E-state index contributed by atoms with van der Waals surface area (Å²) in [6, 6.07) is 7.74. The first-order valence-electron chi connectivity index (χ1n) is 8.55. The number of hydrogen-bond acceptors (Lipinski definition) is 5. The molecule has 1 amide bonds. The Bertz CT molecular complexity index is 1060. The summed E-state index contributed by atoms with van der Waals surface area (Å²) in [6.07, 6.45) is 1.85. The van der Waals surface area contributed by atoms with Gasteiger partial charge >= 0.3 is 0 Å². The summed E-state index contributed by atoms with van der Waals surface area (Å²) in [6.45, 7) is 4.48. The highest BCUT2D eigenvalue weighted by atomic mass is 32.2. The summed E-state index contributed by atoms with van der Waals surface area (Å²) >= 11 is 1.51. The van der Waals surface area contributed by atoms with E-state index in [9.17, 15) is 9.59 Å². The van der Waals surface area contributed by atoms with E-state index in [1.807, 2.05) is 38.1 Å². The molecule has 7 nitrogen and oxygen atoms in total. The predicted octanol–water partition coefficient (Wildman–Crippen LogP) is 2.06. The van der Waals surface area contributed by atoms with Crippen LogP contribution in [0, 0.1) is 6.92 Å². The first kappa shape index (κ1) is 16.8. The van der Waals surface area contributed by atoms with Gasteiger partial charge in [-0.3, -0.25) is 14.2 Å². The van der Waals surface area contributed by atoms with Crippen LogP contribution in [0.5, 0.6) is 0 Å². The second-order valence-electron chi connectivity index (χ2n) is 6.32. The number of aryl methyl sites for hydroxylation is 1. The average Bonchev–Trinajstić information content (AvgIpc) is 3.20. The van der Waals surface area contributed by atoms with Gasteiger partial charge in [0.05, 0.1) is 17.9 Å². The Kier molecular flexibility index (Phi) is 4.28. The van der Waals surface area contributed by atoms with Gasteiger partial charge in [0.2, 0.25) is 5.91 Å². The number of aromatic nitrogens is 4. The summed E-state index contributed by atoms with van der Waals surface area (Å²) in [4.78, 5) is 29.6. The van der Waals surface area contributed by atoms with Crippen LogP contribution in [0.3, 0.4) is 0 Å². The van der Waals surface area contributed by atoms with Crippen molar-refractivity contribution in [3.8, 4) is 5.69 Å². The van der Waals surface area contributed by atoms with Crippen LogP contribution in [0.25, 0.3) is 16.7 Å². The molecule has 0 saturated heterocycles. The lowest BCUT2D eigenvalue weighted by Crippen LogP contribution is -2.30. The summed E-state index contributed by atoms with van der Waals surface area (Å²) in [5.74, 6) is 0.623. The standard InChI is InChI=1S/C18H19N5O2S/c1-3-19-15(24)8-13-10-26-18-21-16-14(17(25)22(13)18)9-20-23(16)12-6-4-5-11(2)7-12/h4-7,9,13H,3,8,10H2,1-2H3,(H,19,24). The van der Waals surface area contributed by atoms with E-state index in [2.05, 4.69) is 15.4 Å². The van der Waals surface area contributed by atoms with Crippen molar-refractivity contribution < 1.29 is 4.79 Å². The number of hydrogen-bond donors (Lipinski definition) is 1. The zero-order chi connectivity index (χ0) is 18.3. The van der Waals surface area contributed by atoms with Crippen LogP contribution in [-0.2, 0) is 4.79 Å². The minimum absolute atomic E-state index is 0.0478. The van der Waals surface area contributed by atoms with Crippen molar-refractivity contribution >= 4 is 28.7 Å². The van der Waals surface area contributed by atoms with E-state index in [-0.39, 0.29) is 23.9 Å². The molecule has 0 radical (unpaired) electrons. The topological polar surface area (TPSA) is 81.8 Å². The molecule has 26 heavy (non-hydrogen) atoms. The van der Waals surface area contributed by atoms with Gasteiger partial charge in [-0.25, -0.2) is 9.67 Å². The maximum Gasteiger partial charge on any atom is 0.265 e. The molecule has 1 aliphatic heterocycles. The summed E-state index contributed by atoms with van der Waals surface area (Å²) in [7, 11) is 0. The maximum atomic E-state index is 13.0. The quantitative estimate of drug-likeness (QED) is 0.712. The molecular formula is C18H19N5O2S. The molecule has 2 aromatic heterocycles. The van der Waals surface area contributed by atoms with Crippen LogP contribution in [0.2, 0.25) is 0 Å². The number of rotatable bonds is 4. The molecule has 1 atom stereocenters. The molecule has 3 heterocycles. The van der Waals surface area contributed by atoms with Gasteiger partial charge in [-0.1, -0.05) is 23.9 Å². The smallest absolute Gasteiger partial charge is 0.265 e. The molecular weight excluding hydrogens is 350 g/mol. The van der Waals surface area contributed by atoms with Gasteiger partial charge in [0.1, 0.15) is 5.39 Å². The number of carbonyl (C=O) groups is 1. The summed E-state index contributed by atoms with van der Waals surface area (Å²) in [5.41, 5.74) is 2.40. The fourth-order valence-corrected chi connectivity index (χ4v) is 4.34. The molecule has 8 heteroatoms. The molecule has 0 fully saturated rings. The van der Waals surface area contributed by atoms with E-state index in [1.54, 1.807) is 15.4 Å². The lowest BCUT2D eigenvalue weighted by atomic mass is 10.2. The molecule has 134 valence electrons. The predicted molar refractivity (Wildman–Crippen MR) is 101 cm³/mol. The fourth-order valence-electron chi connectivity index (χ4n) is 3.21. The average molecular weight is 369 g/mol. The van der Waals surface area contributed by atoms with E-state index in [4.69, 9.17) is 0 Å². The molecule has 0 spiro atoms. The number of amides is 1.